The summed E-state index contributed by atoms with van der Waals surface area (Å²) < 4.78 is 15.6. The molecule has 2 aromatic carbocycles. The van der Waals surface area contributed by atoms with Crippen LogP contribution in [0.15, 0.2) is 47.5 Å². The normalized spacial score (nSPS) is 18.2. The number of rotatable bonds is 4. The van der Waals surface area contributed by atoms with E-state index < -0.39 is 0 Å². The van der Waals surface area contributed by atoms with Crippen molar-refractivity contribution in [2.75, 3.05) is 25.5 Å². The van der Waals surface area contributed by atoms with Crippen LogP contribution in [-0.4, -0.2) is 60.2 Å². The number of hydrogen-bond donors (Lipinski definition) is 1. The molecular weight excluding hydrogens is 428 g/mol. The number of hydrogen-bond acceptors (Lipinski definition) is 10. The van der Waals surface area contributed by atoms with Gasteiger partial charge in [-0.25, -0.2) is 4.99 Å². The van der Waals surface area contributed by atoms with Crippen molar-refractivity contribution in [3.63, 3.8) is 0 Å². The Morgan fingerprint density at radius 2 is 1.91 bits per heavy atom. The lowest BCUT2D eigenvalue weighted by Crippen LogP contribution is -2.45. The number of likely N-dealkylation sites (tertiary alicyclic amines) is 1. The standard InChI is InChI=1S/C21H18N8O2S/c1-28-9-8-15-18(11-28)23-21-24-20(25-29(21)19(15)30)22-12-2-4-13(5-3-12)31-14-6-7-16-17(10-14)27-32-26-16/h2-7,10,15H,8-9,11H2,1H3,(H,22,25). The summed E-state index contributed by atoms with van der Waals surface area (Å²) in [4.78, 5) is 24.0. The van der Waals surface area contributed by atoms with E-state index in [1.165, 1.54) is 16.4 Å². The van der Waals surface area contributed by atoms with Crippen molar-refractivity contribution < 1.29 is 9.53 Å². The zero-order valence-electron chi connectivity index (χ0n) is 17.1. The number of anilines is 2. The molecule has 0 amide bonds. The van der Waals surface area contributed by atoms with Crippen molar-refractivity contribution in [2.24, 2.45) is 10.9 Å². The van der Waals surface area contributed by atoms with Crippen LogP contribution in [0.25, 0.3) is 11.0 Å². The lowest BCUT2D eigenvalue weighted by atomic mass is 9.93. The van der Waals surface area contributed by atoms with Crippen LogP contribution in [0.3, 0.4) is 0 Å². The van der Waals surface area contributed by atoms with Crippen molar-refractivity contribution >= 4 is 52.0 Å². The highest BCUT2D eigenvalue weighted by molar-refractivity contribution is 7.00. The second kappa shape index (κ2) is 7.46. The van der Waals surface area contributed by atoms with Crippen LogP contribution in [0.4, 0.5) is 17.6 Å². The van der Waals surface area contributed by atoms with Gasteiger partial charge in [-0.15, -0.1) is 5.10 Å². The van der Waals surface area contributed by atoms with Gasteiger partial charge >= 0.3 is 0 Å². The first kappa shape index (κ1) is 19.0. The lowest BCUT2D eigenvalue weighted by Gasteiger charge is -2.31. The van der Waals surface area contributed by atoms with Crippen LogP contribution in [0, 0.1) is 5.92 Å². The summed E-state index contributed by atoms with van der Waals surface area (Å²) in [5.74, 6) is 1.77. The molecule has 0 bridgehead atoms. The lowest BCUT2D eigenvalue weighted by molar-refractivity contribution is 0.0831. The van der Waals surface area contributed by atoms with Crippen LogP contribution in [0.1, 0.15) is 11.2 Å². The Labute approximate surface area is 186 Å². The molecule has 0 spiro atoms. The molecule has 11 heteroatoms. The van der Waals surface area contributed by atoms with Gasteiger partial charge in [-0.1, -0.05) is 0 Å². The summed E-state index contributed by atoms with van der Waals surface area (Å²) in [5.41, 5.74) is 3.30. The SMILES string of the molecule is CN1CCC2C(=O)n3nc(Nc4ccc(Oc5ccc6nsnc6c5)cc4)nc3N=C2C1. The van der Waals surface area contributed by atoms with Crippen molar-refractivity contribution in [1.82, 2.24) is 28.4 Å². The van der Waals surface area contributed by atoms with E-state index in [1.54, 1.807) is 0 Å². The maximum Gasteiger partial charge on any atom is 0.259 e. The minimum Gasteiger partial charge on any atom is -0.457 e. The van der Waals surface area contributed by atoms with E-state index >= 15 is 0 Å². The van der Waals surface area contributed by atoms with Gasteiger partial charge in [0.05, 0.1) is 17.6 Å². The summed E-state index contributed by atoms with van der Waals surface area (Å²) in [6.07, 6.45) is 0.754. The van der Waals surface area contributed by atoms with E-state index in [0.29, 0.717) is 29.9 Å². The molecule has 160 valence electrons. The van der Waals surface area contributed by atoms with E-state index in [-0.39, 0.29) is 11.8 Å². The third-order valence-corrected chi connectivity index (χ3v) is 6.10. The van der Waals surface area contributed by atoms with Crippen LogP contribution >= 0.6 is 11.7 Å². The third kappa shape index (κ3) is 3.41. The highest BCUT2D eigenvalue weighted by atomic mass is 32.1. The van der Waals surface area contributed by atoms with Gasteiger partial charge in [-0.2, -0.15) is 18.4 Å². The van der Waals surface area contributed by atoms with E-state index in [1.807, 2.05) is 49.5 Å². The molecule has 10 nitrogen and oxygen atoms in total. The number of nitrogens with zero attached hydrogens (tertiary/aromatic N) is 7. The average Bonchev–Trinajstić information content (AvgIpc) is 3.41. The molecule has 1 N–H and O–H groups in total. The summed E-state index contributed by atoms with van der Waals surface area (Å²) in [6, 6.07) is 13.0. The van der Waals surface area contributed by atoms with Gasteiger partial charge in [0.2, 0.25) is 5.95 Å². The van der Waals surface area contributed by atoms with Crippen LogP contribution in [0.5, 0.6) is 11.5 Å². The molecule has 32 heavy (non-hydrogen) atoms. The third-order valence-electron chi connectivity index (χ3n) is 5.55. The van der Waals surface area contributed by atoms with Crippen molar-refractivity contribution in [3.8, 4) is 11.5 Å². The van der Waals surface area contributed by atoms with Gasteiger partial charge in [0.1, 0.15) is 22.5 Å². The number of nitrogens with one attached hydrogen (secondary N) is 1. The number of aromatic nitrogens is 5. The predicted octanol–water partition coefficient (Wildman–Crippen LogP) is 3.50. The van der Waals surface area contributed by atoms with Gasteiger partial charge in [0.25, 0.3) is 11.9 Å². The average molecular weight is 446 g/mol. The van der Waals surface area contributed by atoms with Crippen molar-refractivity contribution in [3.05, 3.63) is 42.5 Å². The topological polar surface area (TPSA) is 110 Å². The van der Waals surface area contributed by atoms with Crippen LogP contribution in [0.2, 0.25) is 0 Å². The van der Waals surface area contributed by atoms with Gasteiger partial charge in [-0.3, -0.25) is 4.79 Å². The Hall–Kier alpha value is -3.70. The zero-order chi connectivity index (χ0) is 21.7. The maximum absolute atomic E-state index is 12.8. The van der Waals surface area contributed by atoms with E-state index in [2.05, 4.69) is 34.0 Å². The summed E-state index contributed by atoms with van der Waals surface area (Å²) in [6.45, 7) is 1.55. The summed E-state index contributed by atoms with van der Waals surface area (Å²) in [5, 5.41) is 7.47. The molecule has 4 aromatic rings. The molecule has 0 aliphatic carbocycles. The largest absolute Gasteiger partial charge is 0.457 e. The molecule has 1 atom stereocenters. The first-order valence-corrected chi connectivity index (χ1v) is 10.9. The minimum absolute atomic E-state index is 0.0605. The monoisotopic (exact) mass is 446 g/mol. The molecule has 1 fully saturated rings. The molecule has 2 aliphatic heterocycles. The Kier molecular flexibility index (Phi) is 4.44. The quantitative estimate of drug-likeness (QED) is 0.507. The number of fused-ring (bicyclic) bond motifs is 3. The maximum atomic E-state index is 12.8. The van der Waals surface area contributed by atoms with E-state index in [9.17, 15) is 4.79 Å². The fourth-order valence-electron chi connectivity index (χ4n) is 3.91. The van der Waals surface area contributed by atoms with Crippen molar-refractivity contribution in [2.45, 2.75) is 6.42 Å². The zero-order valence-corrected chi connectivity index (χ0v) is 17.9. The number of carbonyl (C=O) groups excluding carboxylic acids is 1. The molecule has 0 saturated carbocycles. The minimum atomic E-state index is -0.205. The molecule has 1 saturated heterocycles. The highest BCUT2D eigenvalue weighted by Crippen LogP contribution is 2.29. The van der Waals surface area contributed by atoms with Gasteiger partial charge in [-0.05, 0) is 56.4 Å². The molecule has 2 aliphatic rings. The first-order chi connectivity index (χ1) is 15.6. The van der Waals surface area contributed by atoms with Gasteiger partial charge in [0.15, 0.2) is 0 Å². The number of aliphatic imine (C=N–C) groups is 1. The van der Waals surface area contributed by atoms with Gasteiger partial charge < -0.3 is 15.0 Å². The molecule has 4 heterocycles. The molecular formula is C21H18N8O2S. The van der Waals surface area contributed by atoms with Crippen LogP contribution < -0.4 is 10.1 Å². The predicted molar refractivity (Wildman–Crippen MR) is 121 cm³/mol. The Balaban J connectivity index is 1.18. The number of carbonyl (C=O) groups is 1. The fraction of sp³-hybridized carbons (Fsp3) is 0.238. The molecule has 6 rings (SSSR count). The molecule has 0 radical (unpaired) electrons. The Morgan fingerprint density at radius 1 is 1.09 bits per heavy atom. The van der Waals surface area contributed by atoms with E-state index in [0.717, 1.165) is 35.4 Å². The summed E-state index contributed by atoms with van der Waals surface area (Å²) >= 11 is 1.18. The second-order valence-electron chi connectivity index (χ2n) is 7.83. The summed E-state index contributed by atoms with van der Waals surface area (Å²) in [7, 11) is 2.03. The van der Waals surface area contributed by atoms with Gasteiger partial charge in [0, 0.05) is 24.0 Å². The first-order valence-electron chi connectivity index (χ1n) is 10.2. The number of ether oxygens (including phenoxy) is 1. The molecule has 1 unspecified atom stereocenters. The second-order valence-corrected chi connectivity index (χ2v) is 8.36. The van der Waals surface area contributed by atoms with E-state index in [4.69, 9.17) is 4.74 Å². The smallest absolute Gasteiger partial charge is 0.259 e. The Morgan fingerprint density at radius 3 is 2.78 bits per heavy atom. The Bertz CT molecular complexity index is 1360. The number of piperidine rings is 1. The fourth-order valence-corrected chi connectivity index (χ4v) is 4.43. The molecule has 2 aromatic heterocycles. The number of benzene rings is 2. The highest BCUT2D eigenvalue weighted by Gasteiger charge is 2.36. The van der Waals surface area contributed by atoms with Crippen molar-refractivity contribution in [1.29, 1.82) is 0 Å². The van der Waals surface area contributed by atoms with Crippen LogP contribution in [-0.2, 0) is 0 Å².